The van der Waals surface area contributed by atoms with Crippen molar-refractivity contribution in [1.82, 2.24) is 5.32 Å². The second-order valence-electron chi connectivity index (χ2n) is 6.34. The SMILES string of the molecule is CC1CC(NC2c3ccsc3CCC2O)CC(O)C1N. The number of fused-ring (bicyclic) bond motifs is 1. The van der Waals surface area contributed by atoms with Gasteiger partial charge in [-0.3, -0.25) is 0 Å². The molecular formula is C15H24N2O2S. The van der Waals surface area contributed by atoms with Gasteiger partial charge in [0.2, 0.25) is 0 Å². The molecule has 2 aliphatic carbocycles. The summed E-state index contributed by atoms with van der Waals surface area (Å²) < 4.78 is 0. The zero-order valence-electron chi connectivity index (χ0n) is 11.8. The van der Waals surface area contributed by atoms with Crippen LogP contribution in [0, 0.1) is 5.92 Å². The fourth-order valence-corrected chi connectivity index (χ4v) is 4.55. The predicted octanol–water partition coefficient (Wildman–Crippen LogP) is 1.17. The molecule has 0 bridgehead atoms. The van der Waals surface area contributed by atoms with Crippen molar-refractivity contribution in [2.75, 3.05) is 0 Å². The Morgan fingerprint density at radius 2 is 2.10 bits per heavy atom. The van der Waals surface area contributed by atoms with E-state index >= 15 is 0 Å². The minimum atomic E-state index is -0.445. The van der Waals surface area contributed by atoms with Gasteiger partial charge in [0.15, 0.2) is 0 Å². The van der Waals surface area contributed by atoms with Gasteiger partial charge < -0.3 is 21.3 Å². The summed E-state index contributed by atoms with van der Waals surface area (Å²) in [4.78, 5) is 1.38. The number of nitrogens with two attached hydrogens (primary N) is 1. The van der Waals surface area contributed by atoms with Gasteiger partial charge in [0.25, 0.3) is 0 Å². The fraction of sp³-hybridized carbons (Fsp3) is 0.733. The number of nitrogens with one attached hydrogen (secondary N) is 1. The van der Waals surface area contributed by atoms with Crippen LogP contribution in [0.4, 0.5) is 0 Å². The van der Waals surface area contributed by atoms with Gasteiger partial charge in [0, 0.05) is 17.0 Å². The molecule has 1 aromatic rings. The third-order valence-corrected chi connectivity index (χ3v) is 5.86. The van der Waals surface area contributed by atoms with E-state index in [2.05, 4.69) is 23.7 Å². The summed E-state index contributed by atoms with van der Waals surface area (Å²) in [6, 6.07) is 2.23. The van der Waals surface area contributed by atoms with Crippen molar-refractivity contribution in [1.29, 1.82) is 0 Å². The Kier molecular flexibility index (Phi) is 4.15. The first-order valence-corrected chi connectivity index (χ1v) is 8.38. The Bertz CT molecular complexity index is 452. The molecule has 0 radical (unpaired) electrons. The van der Waals surface area contributed by atoms with E-state index < -0.39 is 6.10 Å². The van der Waals surface area contributed by atoms with Crippen LogP contribution in [-0.2, 0) is 6.42 Å². The zero-order chi connectivity index (χ0) is 14.3. The molecule has 0 aliphatic heterocycles. The van der Waals surface area contributed by atoms with E-state index in [9.17, 15) is 10.2 Å². The molecule has 4 nitrogen and oxygen atoms in total. The normalized spacial score (nSPS) is 41.4. The summed E-state index contributed by atoms with van der Waals surface area (Å²) in [6.45, 7) is 2.09. The van der Waals surface area contributed by atoms with E-state index in [1.165, 1.54) is 10.4 Å². The zero-order valence-corrected chi connectivity index (χ0v) is 12.6. The van der Waals surface area contributed by atoms with Crippen molar-refractivity contribution in [2.45, 2.75) is 62.9 Å². The van der Waals surface area contributed by atoms with Crippen LogP contribution in [0.15, 0.2) is 11.4 Å². The second kappa shape index (κ2) is 5.73. The lowest BCUT2D eigenvalue weighted by Crippen LogP contribution is -2.53. The van der Waals surface area contributed by atoms with E-state index in [1.807, 2.05) is 0 Å². The van der Waals surface area contributed by atoms with Crippen molar-refractivity contribution in [3.8, 4) is 0 Å². The van der Waals surface area contributed by atoms with Crippen LogP contribution < -0.4 is 11.1 Å². The van der Waals surface area contributed by atoms with E-state index in [4.69, 9.17) is 5.73 Å². The Labute approximate surface area is 124 Å². The Balaban J connectivity index is 1.72. The first-order chi connectivity index (χ1) is 9.56. The summed E-state index contributed by atoms with van der Waals surface area (Å²) in [5, 5.41) is 26.0. The molecule has 1 aromatic heterocycles. The minimum Gasteiger partial charge on any atom is -0.391 e. The van der Waals surface area contributed by atoms with Gasteiger partial charge >= 0.3 is 0 Å². The average molecular weight is 296 g/mol. The van der Waals surface area contributed by atoms with Crippen LogP contribution in [0.25, 0.3) is 0 Å². The highest BCUT2D eigenvalue weighted by molar-refractivity contribution is 7.10. The number of aliphatic hydroxyl groups excluding tert-OH is 2. The summed E-state index contributed by atoms with van der Waals surface area (Å²) >= 11 is 1.77. The topological polar surface area (TPSA) is 78.5 Å². The van der Waals surface area contributed by atoms with Crippen LogP contribution in [0.5, 0.6) is 0 Å². The molecule has 6 unspecified atom stereocenters. The van der Waals surface area contributed by atoms with Crippen molar-refractivity contribution >= 4 is 11.3 Å². The number of rotatable bonds is 2. The van der Waals surface area contributed by atoms with Crippen molar-refractivity contribution in [3.63, 3.8) is 0 Å². The Morgan fingerprint density at radius 3 is 2.85 bits per heavy atom. The molecule has 0 saturated heterocycles. The van der Waals surface area contributed by atoms with Gasteiger partial charge in [0.1, 0.15) is 0 Å². The van der Waals surface area contributed by atoms with Crippen LogP contribution in [0.1, 0.15) is 42.7 Å². The molecule has 0 amide bonds. The monoisotopic (exact) mass is 296 g/mol. The maximum Gasteiger partial charge on any atom is 0.0738 e. The predicted molar refractivity (Wildman–Crippen MR) is 80.7 cm³/mol. The fourth-order valence-electron chi connectivity index (χ4n) is 3.60. The number of hydrogen-bond acceptors (Lipinski definition) is 5. The van der Waals surface area contributed by atoms with E-state index in [1.54, 1.807) is 11.3 Å². The molecule has 5 heteroatoms. The molecule has 1 saturated carbocycles. The Morgan fingerprint density at radius 1 is 1.30 bits per heavy atom. The Hall–Kier alpha value is -0.460. The summed E-state index contributed by atoms with van der Waals surface area (Å²) in [5.74, 6) is 0.305. The smallest absolute Gasteiger partial charge is 0.0738 e. The summed E-state index contributed by atoms with van der Waals surface area (Å²) in [5.41, 5.74) is 7.22. The third-order valence-electron chi connectivity index (χ3n) is 4.87. The van der Waals surface area contributed by atoms with Gasteiger partial charge in [-0.2, -0.15) is 0 Å². The molecule has 0 aromatic carbocycles. The molecule has 1 heterocycles. The van der Waals surface area contributed by atoms with Crippen LogP contribution in [-0.4, -0.2) is 34.5 Å². The molecule has 5 N–H and O–H groups in total. The molecule has 112 valence electrons. The van der Waals surface area contributed by atoms with Gasteiger partial charge in [0.05, 0.1) is 18.2 Å². The van der Waals surface area contributed by atoms with Crippen LogP contribution >= 0.6 is 11.3 Å². The number of aryl methyl sites for hydroxylation is 1. The highest BCUT2D eigenvalue weighted by atomic mass is 32.1. The standard InChI is InChI=1S/C15H24N2O2S/c1-8-6-9(7-12(19)14(8)16)17-15-10-4-5-20-13(10)3-2-11(15)18/h4-5,8-9,11-12,14-15,17-19H,2-3,6-7,16H2,1H3. The van der Waals surface area contributed by atoms with Crippen molar-refractivity contribution in [3.05, 3.63) is 21.9 Å². The summed E-state index contributed by atoms with van der Waals surface area (Å²) in [7, 11) is 0. The first-order valence-electron chi connectivity index (χ1n) is 7.50. The number of thiophene rings is 1. The minimum absolute atomic E-state index is 0.00345. The quantitative estimate of drug-likeness (QED) is 0.661. The molecule has 2 aliphatic rings. The van der Waals surface area contributed by atoms with Crippen LogP contribution in [0.2, 0.25) is 0 Å². The van der Waals surface area contributed by atoms with Crippen molar-refractivity contribution in [2.24, 2.45) is 11.7 Å². The molecule has 20 heavy (non-hydrogen) atoms. The molecular weight excluding hydrogens is 272 g/mol. The first kappa shape index (κ1) is 14.5. The van der Waals surface area contributed by atoms with Gasteiger partial charge in [-0.15, -0.1) is 11.3 Å². The van der Waals surface area contributed by atoms with Gasteiger partial charge in [-0.25, -0.2) is 0 Å². The maximum atomic E-state index is 10.3. The van der Waals surface area contributed by atoms with Crippen LogP contribution in [0.3, 0.4) is 0 Å². The molecule has 0 spiro atoms. The molecule has 3 rings (SSSR count). The third kappa shape index (κ3) is 2.65. The van der Waals surface area contributed by atoms with E-state index in [0.717, 1.165) is 19.3 Å². The number of hydrogen-bond donors (Lipinski definition) is 4. The highest BCUT2D eigenvalue weighted by Crippen LogP contribution is 2.35. The summed E-state index contributed by atoms with van der Waals surface area (Å²) in [6.07, 6.45) is 2.64. The average Bonchev–Trinajstić information content (AvgIpc) is 2.88. The lowest BCUT2D eigenvalue weighted by atomic mass is 9.80. The van der Waals surface area contributed by atoms with Gasteiger partial charge in [-0.1, -0.05) is 6.92 Å². The maximum absolute atomic E-state index is 10.3. The van der Waals surface area contributed by atoms with E-state index in [0.29, 0.717) is 12.3 Å². The van der Waals surface area contributed by atoms with Gasteiger partial charge in [-0.05, 0) is 48.6 Å². The number of aliphatic hydroxyl groups is 2. The highest BCUT2D eigenvalue weighted by Gasteiger charge is 2.36. The molecule has 6 atom stereocenters. The molecule has 1 fully saturated rings. The lowest BCUT2D eigenvalue weighted by Gasteiger charge is -2.40. The van der Waals surface area contributed by atoms with E-state index in [-0.39, 0.29) is 24.2 Å². The largest absolute Gasteiger partial charge is 0.391 e. The second-order valence-corrected chi connectivity index (χ2v) is 7.34. The lowest BCUT2D eigenvalue weighted by molar-refractivity contribution is 0.0462. The van der Waals surface area contributed by atoms with Crippen molar-refractivity contribution < 1.29 is 10.2 Å².